The molecule has 1 aliphatic carbocycles. The van der Waals surface area contributed by atoms with Crippen molar-refractivity contribution < 1.29 is 4.79 Å². The molecule has 1 heterocycles. The van der Waals surface area contributed by atoms with E-state index in [9.17, 15) is 4.79 Å². The summed E-state index contributed by atoms with van der Waals surface area (Å²) in [6.45, 7) is 0.622. The normalized spacial score (nSPS) is 14.6. The zero-order chi connectivity index (χ0) is 13.4. The van der Waals surface area contributed by atoms with Gasteiger partial charge < -0.3 is 4.57 Å². The number of benzene rings is 1. The zero-order valence-corrected chi connectivity index (χ0v) is 11.8. The third-order valence-electron chi connectivity index (χ3n) is 3.37. The Labute approximate surface area is 121 Å². The molecule has 19 heavy (non-hydrogen) atoms. The van der Waals surface area contributed by atoms with E-state index in [1.165, 1.54) is 0 Å². The predicted molar refractivity (Wildman–Crippen MR) is 77.1 cm³/mol. The molecular formula is C15H13Cl2NO. The molecule has 0 aliphatic heterocycles. The van der Waals surface area contributed by atoms with Crippen molar-refractivity contribution in [2.24, 2.45) is 5.92 Å². The minimum absolute atomic E-state index is 0.255. The highest BCUT2D eigenvalue weighted by Crippen LogP contribution is 2.33. The molecule has 98 valence electrons. The standard InChI is InChI=1S/C15H13Cl2NO/c16-13-3-1-2-11(14(13)17)8-18-7-6-12(9-18)15(19)10-4-5-10/h1-3,6-7,9-10H,4-5,8H2. The molecule has 1 saturated carbocycles. The average molecular weight is 294 g/mol. The van der Waals surface area contributed by atoms with E-state index in [-0.39, 0.29) is 11.7 Å². The fraction of sp³-hybridized carbons (Fsp3) is 0.267. The van der Waals surface area contributed by atoms with Crippen LogP contribution in [0.5, 0.6) is 0 Å². The molecule has 0 N–H and O–H groups in total. The number of carbonyl (C=O) groups excluding carboxylic acids is 1. The largest absolute Gasteiger partial charge is 0.349 e. The van der Waals surface area contributed by atoms with Crippen LogP contribution in [0.3, 0.4) is 0 Å². The zero-order valence-electron chi connectivity index (χ0n) is 10.3. The Morgan fingerprint density at radius 1 is 1.26 bits per heavy atom. The van der Waals surface area contributed by atoms with Crippen LogP contribution >= 0.6 is 23.2 Å². The van der Waals surface area contributed by atoms with Crippen molar-refractivity contribution in [2.75, 3.05) is 0 Å². The molecule has 3 rings (SSSR count). The lowest BCUT2D eigenvalue weighted by molar-refractivity contribution is 0.0967. The van der Waals surface area contributed by atoms with Gasteiger partial charge in [0, 0.05) is 30.4 Å². The predicted octanol–water partition coefficient (Wildman–Crippen LogP) is 4.44. The molecule has 1 fully saturated rings. The maximum absolute atomic E-state index is 11.9. The van der Waals surface area contributed by atoms with Crippen molar-refractivity contribution >= 4 is 29.0 Å². The van der Waals surface area contributed by atoms with Crippen molar-refractivity contribution in [2.45, 2.75) is 19.4 Å². The molecule has 0 amide bonds. The van der Waals surface area contributed by atoms with Gasteiger partial charge in [0.25, 0.3) is 0 Å². The lowest BCUT2D eigenvalue weighted by atomic mass is 10.1. The molecule has 2 aromatic rings. The Bertz CT molecular complexity index is 629. The highest BCUT2D eigenvalue weighted by molar-refractivity contribution is 6.42. The van der Waals surface area contributed by atoms with Gasteiger partial charge in [-0.2, -0.15) is 0 Å². The van der Waals surface area contributed by atoms with Crippen LogP contribution < -0.4 is 0 Å². The van der Waals surface area contributed by atoms with Crippen LogP contribution in [0.2, 0.25) is 10.0 Å². The van der Waals surface area contributed by atoms with Crippen molar-refractivity contribution in [3.63, 3.8) is 0 Å². The number of Topliss-reactive ketones (excluding diaryl/α,β-unsaturated/α-hetero) is 1. The number of ketones is 1. The third kappa shape index (κ3) is 2.70. The molecule has 4 heteroatoms. The van der Waals surface area contributed by atoms with Crippen LogP contribution in [0.15, 0.2) is 36.7 Å². The van der Waals surface area contributed by atoms with E-state index < -0.39 is 0 Å². The maximum Gasteiger partial charge on any atom is 0.167 e. The van der Waals surface area contributed by atoms with E-state index in [0.717, 1.165) is 24.0 Å². The van der Waals surface area contributed by atoms with E-state index in [4.69, 9.17) is 23.2 Å². The number of carbonyl (C=O) groups is 1. The van der Waals surface area contributed by atoms with E-state index in [2.05, 4.69) is 0 Å². The Morgan fingerprint density at radius 2 is 2.05 bits per heavy atom. The van der Waals surface area contributed by atoms with Crippen LogP contribution in [-0.4, -0.2) is 10.4 Å². The summed E-state index contributed by atoms with van der Waals surface area (Å²) < 4.78 is 1.97. The summed E-state index contributed by atoms with van der Waals surface area (Å²) in [6.07, 6.45) is 5.86. The smallest absolute Gasteiger partial charge is 0.167 e. The third-order valence-corrected chi connectivity index (χ3v) is 4.23. The van der Waals surface area contributed by atoms with Crippen molar-refractivity contribution in [1.82, 2.24) is 4.57 Å². The molecule has 1 aliphatic rings. The van der Waals surface area contributed by atoms with Gasteiger partial charge in [-0.3, -0.25) is 4.79 Å². The molecule has 1 aromatic carbocycles. The monoisotopic (exact) mass is 293 g/mol. The molecule has 0 atom stereocenters. The van der Waals surface area contributed by atoms with Crippen molar-refractivity contribution in [3.05, 3.63) is 57.8 Å². The Kier molecular flexibility index (Phi) is 3.38. The summed E-state index contributed by atoms with van der Waals surface area (Å²) in [6, 6.07) is 7.46. The Morgan fingerprint density at radius 3 is 2.79 bits per heavy atom. The molecule has 2 nitrogen and oxygen atoms in total. The summed E-state index contributed by atoms with van der Waals surface area (Å²) in [5.74, 6) is 0.515. The summed E-state index contributed by atoms with van der Waals surface area (Å²) in [5, 5.41) is 1.13. The first-order chi connectivity index (χ1) is 9.15. The van der Waals surface area contributed by atoms with Crippen LogP contribution in [0.4, 0.5) is 0 Å². The molecule has 0 radical (unpaired) electrons. The first-order valence-corrected chi connectivity index (χ1v) is 7.03. The number of halogens is 2. The van der Waals surface area contributed by atoms with Crippen LogP contribution in [0.25, 0.3) is 0 Å². The van der Waals surface area contributed by atoms with Gasteiger partial charge in [-0.25, -0.2) is 0 Å². The summed E-state index contributed by atoms with van der Waals surface area (Å²) in [5.41, 5.74) is 1.75. The summed E-state index contributed by atoms with van der Waals surface area (Å²) in [4.78, 5) is 11.9. The maximum atomic E-state index is 11.9. The fourth-order valence-corrected chi connectivity index (χ4v) is 2.51. The van der Waals surface area contributed by atoms with Crippen LogP contribution in [0.1, 0.15) is 28.8 Å². The van der Waals surface area contributed by atoms with Gasteiger partial charge in [-0.1, -0.05) is 35.3 Å². The van der Waals surface area contributed by atoms with E-state index >= 15 is 0 Å². The second-order valence-electron chi connectivity index (χ2n) is 4.92. The van der Waals surface area contributed by atoms with Gasteiger partial charge in [-0.15, -0.1) is 0 Å². The molecule has 0 unspecified atom stereocenters. The van der Waals surface area contributed by atoms with Gasteiger partial charge in [0.15, 0.2) is 5.78 Å². The SMILES string of the molecule is O=C(c1ccn(Cc2cccc(Cl)c2Cl)c1)C1CC1. The van der Waals surface area contributed by atoms with Gasteiger partial charge in [-0.05, 0) is 30.5 Å². The average Bonchev–Trinajstić information content (AvgIpc) is 3.14. The molecule has 0 saturated heterocycles. The topological polar surface area (TPSA) is 22.0 Å². The van der Waals surface area contributed by atoms with Gasteiger partial charge in [0.1, 0.15) is 0 Å². The van der Waals surface area contributed by atoms with E-state index in [0.29, 0.717) is 16.6 Å². The molecular weight excluding hydrogens is 281 g/mol. The number of rotatable bonds is 4. The number of nitrogens with zero attached hydrogens (tertiary/aromatic N) is 1. The molecule has 1 aromatic heterocycles. The van der Waals surface area contributed by atoms with Crippen LogP contribution in [0, 0.1) is 5.92 Å². The molecule has 0 spiro atoms. The van der Waals surface area contributed by atoms with Gasteiger partial charge in [0.05, 0.1) is 10.0 Å². The Hall–Kier alpha value is -1.25. The van der Waals surface area contributed by atoms with Crippen LogP contribution in [-0.2, 0) is 6.54 Å². The second kappa shape index (κ2) is 5.03. The summed E-state index contributed by atoms with van der Waals surface area (Å²) in [7, 11) is 0. The summed E-state index contributed by atoms with van der Waals surface area (Å²) >= 11 is 12.2. The first kappa shape index (κ1) is 12.8. The highest BCUT2D eigenvalue weighted by Gasteiger charge is 2.30. The second-order valence-corrected chi connectivity index (χ2v) is 5.71. The number of hydrogen-bond donors (Lipinski definition) is 0. The lowest BCUT2D eigenvalue weighted by Crippen LogP contribution is -2.01. The lowest BCUT2D eigenvalue weighted by Gasteiger charge is -2.06. The minimum Gasteiger partial charge on any atom is -0.349 e. The number of aromatic nitrogens is 1. The quantitative estimate of drug-likeness (QED) is 0.764. The van der Waals surface area contributed by atoms with E-state index in [1.807, 2.05) is 35.2 Å². The van der Waals surface area contributed by atoms with E-state index in [1.54, 1.807) is 6.07 Å². The highest BCUT2D eigenvalue weighted by atomic mass is 35.5. The molecule has 0 bridgehead atoms. The minimum atomic E-state index is 0.255. The van der Waals surface area contributed by atoms with Crippen molar-refractivity contribution in [1.29, 1.82) is 0 Å². The number of hydrogen-bond acceptors (Lipinski definition) is 1. The van der Waals surface area contributed by atoms with Crippen molar-refractivity contribution in [3.8, 4) is 0 Å². The fourth-order valence-electron chi connectivity index (χ4n) is 2.13. The van der Waals surface area contributed by atoms with Gasteiger partial charge in [0.2, 0.25) is 0 Å². The Balaban J connectivity index is 1.80. The first-order valence-electron chi connectivity index (χ1n) is 6.28. The van der Waals surface area contributed by atoms with Gasteiger partial charge >= 0.3 is 0 Å².